The van der Waals surface area contributed by atoms with Crippen LogP contribution in [0, 0.1) is 0 Å². The molecule has 4 rings (SSSR count). The van der Waals surface area contributed by atoms with Gasteiger partial charge in [-0.1, -0.05) is 47.6 Å². The zero-order valence-corrected chi connectivity index (χ0v) is 21.3. The van der Waals surface area contributed by atoms with Gasteiger partial charge in [-0.2, -0.15) is 0 Å². The van der Waals surface area contributed by atoms with E-state index in [2.05, 4.69) is 33.6 Å². The van der Waals surface area contributed by atoms with Crippen molar-refractivity contribution in [1.82, 2.24) is 24.6 Å². The predicted octanol–water partition coefficient (Wildman–Crippen LogP) is 4.49. The maximum atomic E-state index is 12.8. The van der Waals surface area contributed by atoms with Crippen molar-refractivity contribution in [3.05, 3.63) is 64.7 Å². The van der Waals surface area contributed by atoms with Gasteiger partial charge in [-0.15, -0.1) is 10.2 Å². The van der Waals surface area contributed by atoms with Crippen molar-refractivity contribution in [2.24, 2.45) is 0 Å². The molecule has 7 nitrogen and oxygen atoms in total. The van der Waals surface area contributed by atoms with Gasteiger partial charge in [0.25, 0.3) is 5.91 Å². The van der Waals surface area contributed by atoms with E-state index in [1.54, 1.807) is 18.9 Å². The van der Waals surface area contributed by atoms with Crippen LogP contribution in [-0.2, 0) is 10.5 Å². The molecule has 1 aromatic heterocycles. The number of rotatable bonds is 8. The van der Waals surface area contributed by atoms with Crippen molar-refractivity contribution in [3.63, 3.8) is 0 Å². The smallest absolute Gasteiger partial charge is 0.253 e. The molecule has 1 amide bonds. The lowest BCUT2D eigenvalue weighted by Gasteiger charge is -2.32. The summed E-state index contributed by atoms with van der Waals surface area (Å²) in [6.45, 7) is 5.99. The summed E-state index contributed by atoms with van der Waals surface area (Å²) in [6.07, 6.45) is 0. The van der Waals surface area contributed by atoms with Crippen molar-refractivity contribution in [2.45, 2.75) is 23.9 Å². The van der Waals surface area contributed by atoms with Gasteiger partial charge in [0.2, 0.25) is 0 Å². The van der Waals surface area contributed by atoms with Gasteiger partial charge in [-0.05, 0) is 43.8 Å². The molecule has 0 spiro atoms. The Kier molecular flexibility index (Phi) is 8.26. The maximum absolute atomic E-state index is 12.8. The number of hydrogen-bond acceptors (Lipinski definition) is 6. The Balaban J connectivity index is 1.48. The molecule has 0 unspecified atom stereocenters. The summed E-state index contributed by atoms with van der Waals surface area (Å²) < 4.78 is 7.48. The van der Waals surface area contributed by atoms with Crippen LogP contribution in [0.4, 0.5) is 0 Å². The molecule has 0 N–H and O–H groups in total. The van der Waals surface area contributed by atoms with E-state index in [1.165, 1.54) is 0 Å². The summed E-state index contributed by atoms with van der Waals surface area (Å²) in [5.74, 6) is 1.54. The number of ether oxygens (including phenoxy) is 1. The molecule has 9 heteroatoms. The fourth-order valence-electron chi connectivity index (χ4n) is 4.00. The van der Waals surface area contributed by atoms with Crippen LogP contribution in [0.2, 0.25) is 5.02 Å². The summed E-state index contributed by atoms with van der Waals surface area (Å²) in [4.78, 5) is 17.0. The first-order valence-corrected chi connectivity index (χ1v) is 12.7. The largest absolute Gasteiger partial charge is 0.383 e. The first kappa shape index (κ1) is 24.7. The Hall–Kier alpha value is -2.39. The number of carbonyl (C=O) groups excluding carboxylic acids is 1. The number of benzene rings is 2. The lowest BCUT2D eigenvalue weighted by molar-refractivity contribution is 0.0664. The van der Waals surface area contributed by atoms with Gasteiger partial charge in [-0.25, -0.2) is 0 Å². The van der Waals surface area contributed by atoms with E-state index >= 15 is 0 Å². The SMILES string of the molecule is COC[C@H](C)n1c(SCc2ccc(C(=O)N3CCN(C)CC3)cc2)nnc1-c1ccccc1Cl. The number of amides is 1. The summed E-state index contributed by atoms with van der Waals surface area (Å²) in [7, 11) is 3.77. The monoisotopic (exact) mass is 499 g/mol. The van der Waals surface area contributed by atoms with Crippen LogP contribution in [0.1, 0.15) is 28.9 Å². The highest BCUT2D eigenvalue weighted by atomic mass is 35.5. The van der Waals surface area contributed by atoms with E-state index in [9.17, 15) is 4.79 Å². The van der Waals surface area contributed by atoms with Crippen molar-refractivity contribution in [3.8, 4) is 11.4 Å². The van der Waals surface area contributed by atoms with Gasteiger partial charge in [0.15, 0.2) is 11.0 Å². The molecular weight excluding hydrogens is 470 g/mol. The van der Waals surface area contributed by atoms with Gasteiger partial charge < -0.3 is 14.5 Å². The standard InChI is InChI=1S/C25H30ClN5O2S/c1-18(16-33-3)31-23(21-6-4-5-7-22(21)26)27-28-25(31)34-17-19-8-10-20(11-9-19)24(32)30-14-12-29(2)13-15-30/h4-11,18H,12-17H2,1-3H3/t18-/m0/s1. The van der Waals surface area contributed by atoms with Crippen LogP contribution < -0.4 is 0 Å². The molecule has 180 valence electrons. The number of thioether (sulfide) groups is 1. The molecule has 0 radical (unpaired) electrons. The highest BCUT2D eigenvalue weighted by molar-refractivity contribution is 7.98. The van der Waals surface area contributed by atoms with E-state index in [0.717, 1.165) is 53.9 Å². The quantitative estimate of drug-likeness (QED) is 0.426. The third-order valence-corrected chi connectivity index (χ3v) is 7.33. The van der Waals surface area contributed by atoms with Crippen LogP contribution in [0.3, 0.4) is 0 Å². The molecule has 1 saturated heterocycles. The zero-order valence-electron chi connectivity index (χ0n) is 19.8. The Labute approximate surface area is 210 Å². The van der Waals surface area contributed by atoms with Crippen LogP contribution in [0.15, 0.2) is 53.7 Å². The number of piperazine rings is 1. The van der Waals surface area contributed by atoms with Gasteiger partial charge >= 0.3 is 0 Å². The van der Waals surface area contributed by atoms with E-state index in [-0.39, 0.29) is 11.9 Å². The molecule has 0 bridgehead atoms. The number of nitrogens with zero attached hydrogens (tertiary/aromatic N) is 5. The Bertz CT molecular complexity index is 1110. The lowest BCUT2D eigenvalue weighted by Crippen LogP contribution is -2.47. The zero-order chi connectivity index (χ0) is 24.1. The molecule has 34 heavy (non-hydrogen) atoms. The second-order valence-electron chi connectivity index (χ2n) is 8.54. The average Bonchev–Trinajstić information content (AvgIpc) is 3.27. The molecular formula is C25H30ClN5O2S. The molecule has 1 aliphatic rings. The van der Waals surface area contributed by atoms with Crippen molar-refractivity contribution >= 4 is 29.3 Å². The van der Waals surface area contributed by atoms with E-state index in [0.29, 0.717) is 17.4 Å². The van der Waals surface area contributed by atoms with Crippen LogP contribution in [-0.4, -0.2) is 77.4 Å². The third kappa shape index (κ3) is 5.63. The van der Waals surface area contributed by atoms with E-state index in [1.807, 2.05) is 53.4 Å². The van der Waals surface area contributed by atoms with Gasteiger partial charge in [0.1, 0.15) is 0 Å². The second-order valence-corrected chi connectivity index (χ2v) is 9.89. The molecule has 1 aliphatic heterocycles. The number of likely N-dealkylation sites (N-methyl/N-ethyl adjacent to an activating group) is 1. The number of aromatic nitrogens is 3. The van der Waals surface area contributed by atoms with Crippen LogP contribution >= 0.6 is 23.4 Å². The van der Waals surface area contributed by atoms with Gasteiger partial charge in [-0.3, -0.25) is 9.36 Å². The van der Waals surface area contributed by atoms with Gasteiger partial charge in [0, 0.05) is 50.2 Å². The first-order chi connectivity index (χ1) is 16.5. The molecule has 2 heterocycles. The minimum Gasteiger partial charge on any atom is -0.383 e. The molecule has 1 fully saturated rings. The molecule has 0 saturated carbocycles. The maximum Gasteiger partial charge on any atom is 0.253 e. The van der Waals surface area contributed by atoms with E-state index in [4.69, 9.17) is 16.3 Å². The average molecular weight is 500 g/mol. The normalized spacial score (nSPS) is 15.5. The van der Waals surface area contributed by atoms with Crippen LogP contribution in [0.5, 0.6) is 0 Å². The minimum absolute atomic E-state index is 0.0392. The van der Waals surface area contributed by atoms with E-state index < -0.39 is 0 Å². The number of carbonyl (C=O) groups is 1. The van der Waals surface area contributed by atoms with Crippen molar-refractivity contribution in [2.75, 3.05) is 46.9 Å². The minimum atomic E-state index is 0.0392. The second kappa shape index (κ2) is 11.4. The lowest BCUT2D eigenvalue weighted by atomic mass is 10.1. The third-order valence-electron chi connectivity index (χ3n) is 5.99. The fraction of sp³-hybridized carbons (Fsp3) is 0.400. The van der Waals surface area contributed by atoms with Crippen molar-refractivity contribution in [1.29, 1.82) is 0 Å². The summed E-state index contributed by atoms with van der Waals surface area (Å²) in [5.41, 5.74) is 2.70. The molecule has 0 aliphatic carbocycles. The van der Waals surface area contributed by atoms with Gasteiger partial charge in [0.05, 0.1) is 17.7 Å². The Morgan fingerprint density at radius 3 is 2.47 bits per heavy atom. The molecule has 1 atom stereocenters. The summed E-state index contributed by atoms with van der Waals surface area (Å²) in [6, 6.07) is 15.6. The number of methoxy groups -OCH3 is 1. The number of hydrogen-bond donors (Lipinski definition) is 0. The molecule has 3 aromatic rings. The highest BCUT2D eigenvalue weighted by Gasteiger charge is 2.22. The fourth-order valence-corrected chi connectivity index (χ4v) is 5.21. The predicted molar refractivity (Wildman–Crippen MR) is 136 cm³/mol. The van der Waals surface area contributed by atoms with Crippen molar-refractivity contribution < 1.29 is 9.53 Å². The molecule has 2 aromatic carbocycles. The first-order valence-electron chi connectivity index (χ1n) is 11.4. The summed E-state index contributed by atoms with van der Waals surface area (Å²) in [5, 5.41) is 10.4. The number of halogens is 1. The van der Waals surface area contributed by atoms with Crippen LogP contribution in [0.25, 0.3) is 11.4 Å². The summed E-state index contributed by atoms with van der Waals surface area (Å²) >= 11 is 8.05. The highest BCUT2D eigenvalue weighted by Crippen LogP contribution is 2.33. The Morgan fingerprint density at radius 2 is 1.79 bits per heavy atom. The topological polar surface area (TPSA) is 63.5 Å². The Morgan fingerprint density at radius 1 is 1.09 bits per heavy atom.